The van der Waals surface area contributed by atoms with Crippen molar-refractivity contribution < 1.29 is 32.3 Å². The number of benzene rings is 1. The number of rotatable bonds is 5. The van der Waals surface area contributed by atoms with Gasteiger partial charge in [0, 0.05) is 0 Å². The first-order valence-corrected chi connectivity index (χ1v) is 5.04. The Kier molecular flexibility index (Phi) is 4.47. The van der Waals surface area contributed by atoms with Crippen LogP contribution in [0.5, 0.6) is 0 Å². The predicted molar refractivity (Wildman–Crippen MR) is 55.6 cm³/mol. The topological polar surface area (TPSA) is 66.4 Å². The van der Waals surface area contributed by atoms with Crippen molar-refractivity contribution in [3.63, 3.8) is 0 Å². The van der Waals surface area contributed by atoms with Crippen molar-refractivity contribution in [2.24, 2.45) is 0 Å². The number of carboxylic acid groups (broad SMARTS) is 1. The van der Waals surface area contributed by atoms with E-state index in [9.17, 15) is 27.2 Å². The Morgan fingerprint density at radius 3 is 2.53 bits per heavy atom. The summed E-state index contributed by atoms with van der Waals surface area (Å²) in [5.41, 5.74) is -1.64. The van der Waals surface area contributed by atoms with Crippen LogP contribution in [0.15, 0.2) is 18.2 Å². The van der Waals surface area contributed by atoms with Crippen LogP contribution in [0.25, 0.3) is 0 Å². The van der Waals surface area contributed by atoms with Crippen molar-refractivity contribution in [2.75, 3.05) is 0 Å². The molecule has 1 aromatic carbocycles. The average Bonchev–Trinajstić information content (AvgIpc) is 2.27. The van der Waals surface area contributed by atoms with Crippen LogP contribution in [0.4, 0.5) is 17.6 Å². The number of hydrogen-bond donors (Lipinski definition) is 2. The van der Waals surface area contributed by atoms with Gasteiger partial charge in [-0.1, -0.05) is 6.07 Å². The summed E-state index contributed by atoms with van der Waals surface area (Å²) >= 11 is 0. The van der Waals surface area contributed by atoms with Crippen LogP contribution in [0.1, 0.15) is 23.6 Å². The fourth-order valence-corrected chi connectivity index (χ4v) is 1.51. The lowest BCUT2D eigenvalue weighted by atomic mass is 10.0. The van der Waals surface area contributed by atoms with E-state index >= 15 is 0 Å². The van der Waals surface area contributed by atoms with Crippen LogP contribution < -0.4 is 5.32 Å². The van der Waals surface area contributed by atoms with Gasteiger partial charge in [-0.25, -0.2) is 4.39 Å². The molecule has 0 radical (unpaired) electrons. The second kappa shape index (κ2) is 5.68. The lowest BCUT2D eigenvalue weighted by Crippen LogP contribution is -2.23. The molecule has 104 valence electrons. The van der Waals surface area contributed by atoms with E-state index in [2.05, 4.69) is 5.32 Å². The quantitative estimate of drug-likeness (QED) is 0.640. The molecule has 0 aromatic heterocycles. The van der Waals surface area contributed by atoms with E-state index < -0.39 is 36.0 Å². The Morgan fingerprint density at radius 2 is 2.05 bits per heavy atom. The van der Waals surface area contributed by atoms with Gasteiger partial charge in [-0.15, -0.1) is 0 Å². The number of carbonyl (C=O) groups excluding carboxylic acids is 1. The molecule has 4 nitrogen and oxygen atoms in total. The number of carboxylic acids is 1. The van der Waals surface area contributed by atoms with E-state index in [1.165, 1.54) is 0 Å². The molecule has 0 bridgehead atoms. The number of halogens is 4. The lowest BCUT2D eigenvalue weighted by molar-refractivity contribution is -0.140. The van der Waals surface area contributed by atoms with Crippen molar-refractivity contribution in [3.05, 3.63) is 35.1 Å². The standard InChI is InChI=1S/C11H9F4NO3/c12-8-2-1-6(3-7(8)11(13,14)15)9(16-5-17)4-10(18)19/h1-3,5,9H,4H2,(H,16,17)(H,18,19)/t9-/m1/s1. The van der Waals surface area contributed by atoms with Gasteiger partial charge < -0.3 is 10.4 Å². The van der Waals surface area contributed by atoms with Gasteiger partial charge in [-0.05, 0) is 17.7 Å². The SMILES string of the molecule is O=CN[C@H](CC(=O)O)c1ccc(F)c(C(F)(F)F)c1. The average molecular weight is 279 g/mol. The first kappa shape index (κ1) is 14.9. The maximum absolute atomic E-state index is 13.1. The summed E-state index contributed by atoms with van der Waals surface area (Å²) in [5.74, 6) is -2.77. The summed E-state index contributed by atoms with van der Waals surface area (Å²) in [7, 11) is 0. The molecule has 19 heavy (non-hydrogen) atoms. The highest BCUT2D eigenvalue weighted by atomic mass is 19.4. The summed E-state index contributed by atoms with van der Waals surface area (Å²) in [4.78, 5) is 20.9. The highest BCUT2D eigenvalue weighted by Crippen LogP contribution is 2.33. The number of hydrogen-bond acceptors (Lipinski definition) is 2. The number of amides is 1. The smallest absolute Gasteiger partial charge is 0.419 e. The van der Waals surface area contributed by atoms with Crippen LogP contribution in [0.3, 0.4) is 0 Å². The van der Waals surface area contributed by atoms with Gasteiger partial charge >= 0.3 is 12.1 Å². The molecule has 8 heteroatoms. The van der Waals surface area contributed by atoms with Gasteiger partial charge in [-0.2, -0.15) is 13.2 Å². The molecule has 0 aliphatic heterocycles. The van der Waals surface area contributed by atoms with Gasteiger partial charge in [0.25, 0.3) is 0 Å². The summed E-state index contributed by atoms with van der Waals surface area (Å²) in [6, 6.07) is 0.907. The predicted octanol–water partition coefficient (Wildman–Crippen LogP) is 2.11. The highest BCUT2D eigenvalue weighted by Gasteiger charge is 2.34. The lowest BCUT2D eigenvalue weighted by Gasteiger charge is -2.16. The molecule has 0 fully saturated rings. The second-order valence-electron chi connectivity index (χ2n) is 3.67. The fourth-order valence-electron chi connectivity index (χ4n) is 1.51. The zero-order valence-electron chi connectivity index (χ0n) is 9.37. The van der Waals surface area contributed by atoms with Crippen molar-refractivity contribution >= 4 is 12.4 Å². The van der Waals surface area contributed by atoms with Gasteiger partial charge in [0.2, 0.25) is 6.41 Å². The van der Waals surface area contributed by atoms with Crippen molar-refractivity contribution in [2.45, 2.75) is 18.6 Å². The van der Waals surface area contributed by atoms with Crippen LogP contribution in [0, 0.1) is 5.82 Å². The molecule has 0 aliphatic carbocycles. The number of carbonyl (C=O) groups is 2. The Labute approximate surface area is 105 Å². The molecule has 0 heterocycles. The van der Waals surface area contributed by atoms with Gasteiger partial charge in [0.05, 0.1) is 18.0 Å². The zero-order valence-corrected chi connectivity index (χ0v) is 9.37. The highest BCUT2D eigenvalue weighted by molar-refractivity contribution is 5.68. The molecule has 0 aliphatic rings. The molecule has 0 saturated carbocycles. The summed E-state index contributed by atoms with van der Waals surface area (Å²) in [6.07, 6.45) is -5.33. The third-order valence-electron chi connectivity index (χ3n) is 2.35. The normalized spacial score (nSPS) is 12.8. The molecule has 0 unspecified atom stereocenters. The third kappa shape index (κ3) is 3.94. The second-order valence-corrected chi connectivity index (χ2v) is 3.67. The van der Waals surface area contributed by atoms with Gasteiger partial charge in [0.1, 0.15) is 5.82 Å². The first-order valence-electron chi connectivity index (χ1n) is 5.04. The van der Waals surface area contributed by atoms with E-state index in [4.69, 9.17) is 5.11 Å². The van der Waals surface area contributed by atoms with E-state index in [1.54, 1.807) is 0 Å². The molecule has 1 amide bonds. The number of nitrogens with one attached hydrogen (secondary N) is 1. The minimum Gasteiger partial charge on any atom is -0.481 e. The van der Waals surface area contributed by atoms with E-state index in [-0.39, 0.29) is 12.0 Å². The molecule has 1 rings (SSSR count). The molecular weight excluding hydrogens is 270 g/mol. The van der Waals surface area contributed by atoms with Crippen LogP contribution in [-0.2, 0) is 15.8 Å². The summed E-state index contributed by atoms with van der Waals surface area (Å²) in [5, 5.41) is 10.7. The minimum atomic E-state index is -4.89. The molecule has 1 atom stereocenters. The van der Waals surface area contributed by atoms with E-state index in [0.717, 1.165) is 6.07 Å². The fraction of sp³-hybridized carbons (Fsp3) is 0.273. The molecule has 0 spiro atoms. The molecule has 0 saturated heterocycles. The van der Waals surface area contributed by atoms with Crippen molar-refractivity contribution in [1.82, 2.24) is 5.32 Å². The largest absolute Gasteiger partial charge is 0.481 e. The van der Waals surface area contributed by atoms with Gasteiger partial charge in [-0.3, -0.25) is 9.59 Å². The van der Waals surface area contributed by atoms with Crippen LogP contribution in [-0.4, -0.2) is 17.5 Å². The Hall–Kier alpha value is -2.12. The molecular formula is C11H9F4NO3. The maximum Gasteiger partial charge on any atom is 0.419 e. The van der Waals surface area contributed by atoms with E-state index in [0.29, 0.717) is 12.1 Å². The summed E-state index contributed by atoms with van der Waals surface area (Å²) < 4.78 is 50.5. The minimum absolute atomic E-state index is 0.136. The van der Waals surface area contributed by atoms with Crippen LogP contribution in [0.2, 0.25) is 0 Å². The first-order chi connectivity index (χ1) is 8.75. The summed E-state index contributed by atoms with van der Waals surface area (Å²) in [6.45, 7) is 0. The zero-order chi connectivity index (χ0) is 14.6. The molecule has 1 aromatic rings. The monoisotopic (exact) mass is 279 g/mol. The van der Waals surface area contributed by atoms with Crippen molar-refractivity contribution in [3.8, 4) is 0 Å². The Morgan fingerprint density at radius 1 is 1.42 bits per heavy atom. The van der Waals surface area contributed by atoms with Crippen LogP contribution >= 0.6 is 0 Å². The third-order valence-corrected chi connectivity index (χ3v) is 2.35. The maximum atomic E-state index is 13.1. The number of aliphatic carboxylic acids is 1. The number of alkyl halides is 3. The molecule has 2 N–H and O–H groups in total. The van der Waals surface area contributed by atoms with Crippen molar-refractivity contribution in [1.29, 1.82) is 0 Å². The Balaban J connectivity index is 3.17. The van der Waals surface area contributed by atoms with E-state index in [1.807, 2.05) is 0 Å². The van der Waals surface area contributed by atoms with Gasteiger partial charge in [0.15, 0.2) is 0 Å². The Bertz CT molecular complexity index is 487.